The van der Waals surface area contributed by atoms with E-state index in [9.17, 15) is 14.0 Å². The molecule has 0 saturated heterocycles. The first-order valence-electron chi connectivity index (χ1n) is 7.29. The molecule has 1 unspecified atom stereocenters. The van der Waals surface area contributed by atoms with Crippen molar-refractivity contribution < 1.29 is 23.8 Å². The minimum atomic E-state index is -0.862. The van der Waals surface area contributed by atoms with E-state index in [0.29, 0.717) is 30.6 Å². The Hall–Kier alpha value is -2.11. The number of amides is 1. The Morgan fingerprint density at radius 2 is 2.05 bits per heavy atom. The molecule has 0 heterocycles. The van der Waals surface area contributed by atoms with Gasteiger partial charge in [-0.05, 0) is 38.3 Å². The number of halogens is 1. The summed E-state index contributed by atoms with van der Waals surface area (Å²) in [7, 11) is 1.45. The van der Waals surface area contributed by atoms with Crippen molar-refractivity contribution in [3.05, 3.63) is 29.6 Å². The lowest BCUT2D eigenvalue weighted by Gasteiger charge is -2.20. The number of benzene rings is 1. The summed E-state index contributed by atoms with van der Waals surface area (Å²) < 4.78 is 19.1. The van der Waals surface area contributed by atoms with Gasteiger partial charge in [0.05, 0.1) is 24.6 Å². The fourth-order valence-corrected chi connectivity index (χ4v) is 2.96. The highest BCUT2D eigenvalue weighted by atomic mass is 19.1. The molecular weight excluding hydrogens is 289 g/mol. The molecule has 1 fully saturated rings. The van der Waals surface area contributed by atoms with Gasteiger partial charge in [-0.1, -0.05) is 6.07 Å². The summed E-state index contributed by atoms with van der Waals surface area (Å²) >= 11 is 0. The number of methoxy groups -OCH3 is 1. The van der Waals surface area contributed by atoms with Gasteiger partial charge in [0, 0.05) is 5.92 Å². The van der Waals surface area contributed by atoms with Crippen molar-refractivity contribution in [2.75, 3.05) is 7.11 Å². The largest absolute Gasteiger partial charge is 0.496 e. The second-order valence-electron chi connectivity index (χ2n) is 5.63. The van der Waals surface area contributed by atoms with Gasteiger partial charge in [0.2, 0.25) is 5.91 Å². The molecule has 0 bridgehead atoms. The zero-order chi connectivity index (χ0) is 16.3. The average molecular weight is 309 g/mol. The van der Waals surface area contributed by atoms with Gasteiger partial charge in [-0.15, -0.1) is 0 Å². The van der Waals surface area contributed by atoms with Crippen LogP contribution >= 0.6 is 0 Å². The van der Waals surface area contributed by atoms with Crippen LogP contribution in [0.3, 0.4) is 0 Å². The zero-order valence-corrected chi connectivity index (χ0v) is 12.6. The van der Waals surface area contributed by atoms with Crippen LogP contribution in [-0.4, -0.2) is 24.1 Å². The Bertz CT molecular complexity index is 575. The van der Waals surface area contributed by atoms with Crippen LogP contribution in [-0.2, 0) is 9.59 Å². The molecule has 0 aliphatic heterocycles. The van der Waals surface area contributed by atoms with Crippen LogP contribution in [0.1, 0.15) is 37.8 Å². The van der Waals surface area contributed by atoms with Gasteiger partial charge in [0.15, 0.2) is 0 Å². The summed E-state index contributed by atoms with van der Waals surface area (Å²) in [6.45, 7) is 1.68. The molecule has 6 heteroatoms. The Morgan fingerprint density at radius 3 is 2.64 bits per heavy atom. The number of ether oxygens (including phenoxy) is 1. The zero-order valence-electron chi connectivity index (χ0n) is 12.6. The monoisotopic (exact) mass is 309 g/mol. The van der Waals surface area contributed by atoms with E-state index in [1.165, 1.54) is 13.2 Å². The highest BCUT2D eigenvalue weighted by Crippen LogP contribution is 2.33. The van der Waals surface area contributed by atoms with Gasteiger partial charge in [-0.3, -0.25) is 9.59 Å². The Morgan fingerprint density at radius 1 is 1.36 bits per heavy atom. The molecule has 0 aromatic heterocycles. The fourth-order valence-electron chi connectivity index (χ4n) is 2.96. The Kier molecular flexibility index (Phi) is 5.00. The maximum Gasteiger partial charge on any atom is 0.306 e. The molecule has 2 N–H and O–H groups in total. The third-order valence-electron chi connectivity index (χ3n) is 4.18. The van der Waals surface area contributed by atoms with E-state index in [4.69, 9.17) is 9.84 Å². The van der Waals surface area contributed by atoms with Gasteiger partial charge < -0.3 is 15.2 Å². The van der Waals surface area contributed by atoms with E-state index in [1.54, 1.807) is 19.1 Å². The number of carbonyl (C=O) groups is 2. The number of carbonyl (C=O) groups excluding carboxylic acids is 1. The predicted molar refractivity (Wildman–Crippen MR) is 78.0 cm³/mol. The normalized spacial score (nSPS) is 22.1. The topological polar surface area (TPSA) is 75.6 Å². The van der Waals surface area contributed by atoms with Crippen LogP contribution in [0.5, 0.6) is 5.75 Å². The third kappa shape index (κ3) is 3.37. The van der Waals surface area contributed by atoms with Gasteiger partial charge in [-0.25, -0.2) is 4.39 Å². The van der Waals surface area contributed by atoms with Gasteiger partial charge >= 0.3 is 5.97 Å². The fraction of sp³-hybridized carbons (Fsp3) is 0.500. The Balaban J connectivity index is 2.05. The van der Waals surface area contributed by atoms with Crippen molar-refractivity contribution in [3.63, 3.8) is 0 Å². The van der Waals surface area contributed by atoms with Crippen molar-refractivity contribution in [3.8, 4) is 5.75 Å². The molecule has 0 spiro atoms. The SMILES string of the molecule is COc1cccc(F)c1C(C)NC(=O)[C@@H]1CC[C@H](C(=O)O)C1. The number of nitrogens with one attached hydrogen (secondary N) is 1. The van der Waals surface area contributed by atoms with Crippen LogP contribution in [0.4, 0.5) is 4.39 Å². The molecule has 5 nitrogen and oxygen atoms in total. The maximum absolute atomic E-state index is 14.0. The summed E-state index contributed by atoms with van der Waals surface area (Å²) in [5.41, 5.74) is 0.297. The van der Waals surface area contributed by atoms with Crippen molar-refractivity contribution >= 4 is 11.9 Å². The standard InChI is InChI=1S/C16H20FNO4/c1-9(14-12(17)4-3-5-13(14)22-2)18-15(19)10-6-7-11(8-10)16(20)21/h3-5,9-11H,6-8H2,1-2H3,(H,18,19)(H,20,21)/t9?,10-,11+/m1/s1. The molecule has 1 saturated carbocycles. The summed E-state index contributed by atoms with van der Waals surface area (Å²) in [5, 5.41) is 11.7. The lowest BCUT2D eigenvalue weighted by atomic mass is 10.0. The number of carboxylic acid groups (broad SMARTS) is 1. The van der Waals surface area contributed by atoms with E-state index in [2.05, 4.69) is 5.32 Å². The number of rotatable bonds is 5. The molecule has 120 valence electrons. The molecule has 1 amide bonds. The van der Waals surface area contributed by atoms with Crippen molar-refractivity contribution in [2.45, 2.75) is 32.2 Å². The number of hydrogen-bond donors (Lipinski definition) is 2. The van der Waals surface area contributed by atoms with Gasteiger partial charge in [-0.2, -0.15) is 0 Å². The summed E-state index contributed by atoms with van der Waals surface area (Å²) in [6.07, 6.45) is 1.39. The molecule has 0 radical (unpaired) electrons. The second kappa shape index (κ2) is 6.77. The second-order valence-corrected chi connectivity index (χ2v) is 5.63. The molecule has 2 rings (SSSR count). The highest BCUT2D eigenvalue weighted by Gasteiger charge is 2.34. The van der Waals surface area contributed by atoms with E-state index >= 15 is 0 Å². The van der Waals surface area contributed by atoms with E-state index in [1.807, 2.05) is 0 Å². The molecule has 3 atom stereocenters. The van der Waals surface area contributed by atoms with E-state index in [-0.39, 0.29) is 11.8 Å². The first-order chi connectivity index (χ1) is 10.4. The third-order valence-corrected chi connectivity index (χ3v) is 4.18. The molecule has 1 aromatic rings. The van der Waals surface area contributed by atoms with Gasteiger partial charge in [0.25, 0.3) is 0 Å². The minimum Gasteiger partial charge on any atom is -0.496 e. The smallest absolute Gasteiger partial charge is 0.306 e. The summed E-state index contributed by atoms with van der Waals surface area (Å²) in [5.74, 6) is -1.96. The van der Waals surface area contributed by atoms with E-state index < -0.39 is 23.7 Å². The van der Waals surface area contributed by atoms with Crippen molar-refractivity contribution in [2.24, 2.45) is 11.8 Å². The molecule has 1 aliphatic carbocycles. The number of carboxylic acids is 1. The molecular formula is C16H20FNO4. The van der Waals surface area contributed by atoms with Crippen molar-refractivity contribution in [1.29, 1.82) is 0 Å². The lowest BCUT2D eigenvalue weighted by molar-refractivity contribution is -0.141. The Labute approximate surface area is 128 Å². The van der Waals surface area contributed by atoms with Crippen LogP contribution in [0, 0.1) is 17.7 Å². The average Bonchev–Trinajstić information content (AvgIpc) is 2.96. The first-order valence-corrected chi connectivity index (χ1v) is 7.29. The lowest BCUT2D eigenvalue weighted by Crippen LogP contribution is -2.32. The summed E-state index contributed by atoms with van der Waals surface area (Å²) in [4.78, 5) is 23.2. The van der Waals surface area contributed by atoms with Crippen LogP contribution in [0.25, 0.3) is 0 Å². The molecule has 1 aromatic carbocycles. The number of hydrogen-bond acceptors (Lipinski definition) is 3. The maximum atomic E-state index is 14.0. The molecule has 1 aliphatic rings. The molecule has 22 heavy (non-hydrogen) atoms. The van der Waals surface area contributed by atoms with Crippen LogP contribution in [0.2, 0.25) is 0 Å². The highest BCUT2D eigenvalue weighted by molar-refractivity contribution is 5.81. The summed E-state index contributed by atoms with van der Waals surface area (Å²) in [6, 6.07) is 3.95. The van der Waals surface area contributed by atoms with Crippen LogP contribution in [0.15, 0.2) is 18.2 Å². The quantitative estimate of drug-likeness (QED) is 0.876. The predicted octanol–water partition coefficient (Wildman–Crippen LogP) is 2.51. The number of aliphatic carboxylic acids is 1. The van der Waals surface area contributed by atoms with Crippen molar-refractivity contribution in [1.82, 2.24) is 5.32 Å². The van der Waals surface area contributed by atoms with E-state index in [0.717, 1.165) is 0 Å². The first kappa shape index (κ1) is 16.3. The van der Waals surface area contributed by atoms with Gasteiger partial charge in [0.1, 0.15) is 11.6 Å². The minimum absolute atomic E-state index is 0.235. The van der Waals surface area contributed by atoms with Crippen LogP contribution < -0.4 is 10.1 Å².